The Labute approximate surface area is 157 Å². The average Bonchev–Trinajstić information content (AvgIpc) is 3.01. The van der Waals surface area contributed by atoms with E-state index >= 15 is 0 Å². The van der Waals surface area contributed by atoms with Crippen molar-refractivity contribution in [1.29, 1.82) is 0 Å². The van der Waals surface area contributed by atoms with Crippen LogP contribution in [0.25, 0.3) is 11.0 Å². The van der Waals surface area contributed by atoms with Gasteiger partial charge in [0.25, 0.3) is 5.69 Å². The summed E-state index contributed by atoms with van der Waals surface area (Å²) in [5, 5.41) is 14.7. The summed E-state index contributed by atoms with van der Waals surface area (Å²) in [6.45, 7) is 0. The quantitative estimate of drug-likeness (QED) is 0.374. The molecular weight excluding hydrogens is 380 g/mol. The lowest BCUT2D eigenvalue weighted by molar-refractivity contribution is -0.384. The molecule has 0 radical (unpaired) electrons. The number of amides is 1. The molecule has 3 rings (SSSR count). The fraction of sp³-hybridized carbons (Fsp3) is 0.125. The molecule has 0 fully saturated rings. The topological polar surface area (TPSA) is 110 Å². The number of fused-ring (bicyclic) bond motifs is 1. The number of nitro groups is 1. The second-order valence-corrected chi connectivity index (χ2v) is 6.58. The first-order valence-corrected chi connectivity index (χ1v) is 8.73. The molecule has 1 aromatic heterocycles. The Morgan fingerprint density at radius 2 is 2.19 bits per heavy atom. The highest BCUT2D eigenvalue weighted by atomic mass is 35.5. The van der Waals surface area contributed by atoms with Crippen molar-refractivity contribution in [1.82, 2.24) is 9.97 Å². The Balaban J connectivity index is 1.68. The molecule has 0 saturated carbocycles. The lowest BCUT2D eigenvalue weighted by Crippen LogP contribution is -2.15. The highest BCUT2D eigenvalue weighted by Crippen LogP contribution is 2.29. The van der Waals surface area contributed by atoms with E-state index in [1.54, 1.807) is 18.2 Å². The van der Waals surface area contributed by atoms with Crippen LogP contribution in [-0.4, -0.2) is 33.7 Å². The van der Waals surface area contributed by atoms with Crippen molar-refractivity contribution < 1.29 is 14.5 Å². The number of carbonyl (C=O) groups excluding carboxylic acids is 1. The number of ether oxygens (including phenoxy) is 1. The largest absolute Gasteiger partial charge is 0.495 e. The molecule has 1 amide bonds. The van der Waals surface area contributed by atoms with E-state index in [4.69, 9.17) is 16.3 Å². The smallest absolute Gasteiger partial charge is 0.271 e. The Kier molecular flexibility index (Phi) is 5.29. The molecule has 0 aliphatic heterocycles. The number of halogens is 1. The Bertz CT molecular complexity index is 992. The van der Waals surface area contributed by atoms with Gasteiger partial charge in [-0.25, -0.2) is 4.98 Å². The van der Waals surface area contributed by atoms with Crippen LogP contribution in [0.2, 0.25) is 5.02 Å². The number of nitro benzene ring substituents is 1. The molecular formula is C16H13ClN4O4S. The molecule has 0 aliphatic carbocycles. The van der Waals surface area contributed by atoms with Crippen molar-refractivity contribution in [2.24, 2.45) is 0 Å². The third kappa shape index (κ3) is 4.06. The molecule has 10 heteroatoms. The van der Waals surface area contributed by atoms with Gasteiger partial charge in [0, 0.05) is 17.2 Å². The number of carbonyl (C=O) groups is 1. The first-order chi connectivity index (χ1) is 12.5. The molecule has 0 aliphatic rings. The predicted octanol–water partition coefficient (Wildman–Crippen LogP) is 3.86. The van der Waals surface area contributed by atoms with Gasteiger partial charge in [0.1, 0.15) is 5.75 Å². The van der Waals surface area contributed by atoms with Crippen LogP contribution < -0.4 is 10.1 Å². The van der Waals surface area contributed by atoms with E-state index in [2.05, 4.69) is 15.3 Å². The second kappa shape index (κ2) is 7.63. The summed E-state index contributed by atoms with van der Waals surface area (Å²) in [5.41, 5.74) is 1.63. The number of imidazole rings is 1. The van der Waals surface area contributed by atoms with Gasteiger partial charge in [-0.3, -0.25) is 14.9 Å². The van der Waals surface area contributed by atoms with Crippen molar-refractivity contribution in [3.8, 4) is 5.75 Å². The minimum absolute atomic E-state index is 0.0688. The number of methoxy groups -OCH3 is 1. The number of anilines is 1. The maximum Gasteiger partial charge on any atom is 0.271 e. The number of hydrogen-bond acceptors (Lipinski definition) is 6. The zero-order chi connectivity index (χ0) is 18.7. The van der Waals surface area contributed by atoms with E-state index in [9.17, 15) is 14.9 Å². The summed E-state index contributed by atoms with van der Waals surface area (Å²) < 4.78 is 5.12. The van der Waals surface area contributed by atoms with Crippen molar-refractivity contribution in [3.05, 3.63) is 51.5 Å². The number of nitrogens with zero attached hydrogens (tertiary/aromatic N) is 2. The van der Waals surface area contributed by atoms with Crippen molar-refractivity contribution >= 4 is 51.7 Å². The van der Waals surface area contributed by atoms with Crippen molar-refractivity contribution in [2.75, 3.05) is 18.2 Å². The SMILES string of the molecule is COc1ccc([N+](=O)[O-])cc1NC(=O)CSc1nc2ccc(Cl)cc2[nH]1. The van der Waals surface area contributed by atoms with Crippen molar-refractivity contribution in [3.63, 3.8) is 0 Å². The zero-order valence-corrected chi connectivity index (χ0v) is 15.1. The number of non-ortho nitro benzene ring substituents is 1. The molecule has 8 nitrogen and oxygen atoms in total. The standard InChI is InChI=1S/C16H13ClN4O4S/c1-25-14-5-3-10(21(23)24)7-13(14)18-15(22)8-26-16-19-11-4-2-9(17)6-12(11)20-16/h2-7H,8H2,1H3,(H,18,22)(H,19,20). The number of benzene rings is 2. The van der Waals surface area contributed by atoms with Crippen LogP contribution in [0.5, 0.6) is 5.75 Å². The normalized spacial score (nSPS) is 10.7. The summed E-state index contributed by atoms with van der Waals surface area (Å²) in [5.74, 6) is 0.0685. The number of hydrogen-bond donors (Lipinski definition) is 2. The van der Waals surface area contributed by atoms with E-state index in [1.165, 1.54) is 37.1 Å². The summed E-state index contributed by atoms with van der Waals surface area (Å²) >= 11 is 7.14. The third-order valence-electron chi connectivity index (χ3n) is 3.43. The molecule has 26 heavy (non-hydrogen) atoms. The second-order valence-electron chi connectivity index (χ2n) is 5.18. The van der Waals surface area contributed by atoms with Crippen LogP contribution in [-0.2, 0) is 4.79 Å². The minimum atomic E-state index is -0.538. The van der Waals surface area contributed by atoms with Crippen LogP contribution in [0.4, 0.5) is 11.4 Å². The first-order valence-electron chi connectivity index (χ1n) is 7.36. The maximum atomic E-state index is 12.2. The molecule has 0 bridgehead atoms. The number of nitrogens with one attached hydrogen (secondary N) is 2. The van der Waals surface area contributed by atoms with Gasteiger partial charge < -0.3 is 15.0 Å². The zero-order valence-electron chi connectivity index (χ0n) is 13.5. The summed E-state index contributed by atoms with van der Waals surface area (Å²) in [7, 11) is 1.42. The van der Waals surface area contributed by atoms with Gasteiger partial charge in [-0.05, 0) is 24.3 Å². The van der Waals surface area contributed by atoms with Gasteiger partial charge in [-0.15, -0.1) is 0 Å². The third-order valence-corrected chi connectivity index (χ3v) is 4.54. The lowest BCUT2D eigenvalue weighted by Gasteiger charge is -2.09. The molecule has 1 heterocycles. The predicted molar refractivity (Wildman–Crippen MR) is 100 cm³/mol. The van der Waals surface area contributed by atoms with Gasteiger partial charge in [-0.1, -0.05) is 23.4 Å². The fourth-order valence-corrected chi connectivity index (χ4v) is 3.11. The number of thioether (sulfide) groups is 1. The van der Waals surface area contributed by atoms with Crippen molar-refractivity contribution in [2.45, 2.75) is 5.16 Å². The molecule has 134 valence electrons. The Morgan fingerprint density at radius 3 is 2.92 bits per heavy atom. The van der Waals surface area contributed by atoms with Gasteiger partial charge >= 0.3 is 0 Å². The van der Waals surface area contributed by atoms with Gasteiger partial charge in [0.15, 0.2) is 5.16 Å². The number of aromatic amines is 1. The Morgan fingerprint density at radius 1 is 1.38 bits per heavy atom. The molecule has 0 unspecified atom stereocenters. The summed E-state index contributed by atoms with van der Waals surface area (Å²) in [6.07, 6.45) is 0. The lowest BCUT2D eigenvalue weighted by atomic mass is 10.2. The summed E-state index contributed by atoms with van der Waals surface area (Å²) in [4.78, 5) is 30.0. The average molecular weight is 393 g/mol. The minimum Gasteiger partial charge on any atom is -0.495 e. The maximum absolute atomic E-state index is 12.2. The molecule has 0 saturated heterocycles. The number of H-pyrrole nitrogens is 1. The number of aromatic nitrogens is 2. The highest BCUT2D eigenvalue weighted by molar-refractivity contribution is 7.99. The number of rotatable bonds is 6. The van der Waals surface area contributed by atoms with E-state index in [-0.39, 0.29) is 23.0 Å². The van der Waals surface area contributed by atoms with E-state index in [1.807, 2.05) is 0 Å². The Hall–Kier alpha value is -2.78. The fourth-order valence-electron chi connectivity index (χ4n) is 2.25. The van der Waals surface area contributed by atoms with E-state index < -0.39 is 4.92 Å². The molecule has 2 aromatic carbocycles. The van der Waals surface area contributed by atoms with Crippen LogP contribution in [0.15, 0.2) is 41.6 Å². The molecule has 3 aromatic rings. The molecule has 2 N–H and O–H groups in total. The monoisotopic (exact) mass is 392 g/mol. The van der Waals surface area contributed by atoms with Gasteiger partial charge in [-0.2, -0.15) is 0 Å². The summed E-state index contributed by atoms with van der Waals surface area (Å²) in [6, 6.07) is 9.27. The van der Waals surface area contributed by atoms with Crippen LogP contribution >= 0.6 is 23.4 Å². The van der Waals surface area contributed by atoms with Crippen LogP contribution in [0, 0.1) is 10.1 Å². The van der Waals surface area contributed by atoms with Gasteiger partial charge in [0.2, 0.25) is 5.91 Å². The molecule has 0 atom stereocenters. The van der Waals surface area contributed by atoms with Crippen LogP contribution in [0.1, 0.15) is 0 Å². The van der Waals surface area contributed by atoms with Crippen LogP contribution in [0.3, 0.4) is 0 Å². The van der Waals surface area contributed by atoms with E-state index in [0.717, 1.165) is 11.0 Å². The first kappa shape index (κ1) is 18.0. The highest BCUT2D eigenvalue weighted by Gasteiger charge is 2.14. The molecule has 0 spiro atoms. The van der Waals surface area contributed by atoms with E-state index in [0.29, 0.717) is 15.9 Å². The van der Waals surface area contributed by atoms with Gasteiger partial charge in [0.05, 0.1) is 34.5 Å².